The molecule has 5 heteroatoms. The lowest BCUT2D eigenvalue weighted by atomic mass is 10.2. The monoisotopic (exact) mass is 293 g/mol. The molecule has 2 rings (SSSR count). The topological polar surface area (TPSA) is 61.0 Å². The van der Waals surface area contributed by atoms with Crippen LogP contribution in [-0.4, -0.2) is 9.97 Å². The van der Waals surface area contributed by atoms with Gasteiger partial charge in [0.05, 0.1) is 0 Å². The second kappa shape index (κ2) is 5.14. The van der Waals surface area contributed by atoms with Gasteiger partial charge in [-0.2, -0.15) is 4.98 Å². The van der Waals surface area contributed by atoms with Crippen LogP contribution >= 0.6 is 15.9 Å². The van der Waals surface area contributed by atoms with E-state index in [1.54, 1.807) is 6.20 Å². The predicted octanol–water partition coefficient (Wildman–Crippen LogP) is 2.71. The molecule has 0 bridgehead atoms. The maximum atomic E-state index is 5.62. The van der Waals surface area contributed by atoms with Crippen molar-refractivity contribution in [2.75, 3.05) is 5.73 Å². The molecule has 0 radical (unpaired) electrons. The number of hydrogen-bond donors (Lipinski definition) is 1. The highest BCUT2D eigenvalue weighted by atomic mass is 79.9. The molecule has 0 saturated heterocycles. The fraction of sp³-hybridized carbons (Fsp3) is 0.167. The second-order valence-corrected chi connectivity index (χ2v) is 4.45. The first-order valence-electron chi connectivity index (χ1n) is 5.12. The maximum absolute atomic E-state index is 5.62. The Morgan fingerprint density at radius 3 is 2.88 bits per heavy atom. The number of nitrogen functional groups attached to an aromatic ring is 1. The van der Waals surface area contributed by atoms with E-state index in [0.717, 1.165) is 15.6 Å². The molecular formula is C12H12BrN3O. The summed E-state index contributed by atoms with van der Waals surface area (Å²) in [5, 5.41) is 0. The summed E-state index contributed by atoms with van der Waals surface area (Å²) in [5.41, 5.74) is 7.44. The van der Waals surface area contributed by atoms with Gasteiger partial charge >= 0.3 is 0 Å². The van der Waals surface area contributed by atoms with Gasteiger partial charge in [0.15, 0.2) is 0 Å². The van der Waals surface area contributed by atoms with Crippen LogP contribution in [0.1, 0.15) is 11.1 Å². The fourth-order valence-electron chi connectivity index (χ4n) is 1.35. The molecule has 2 N–H and O–H groups in total. The van der Waals surface area contributed by atoms with Crippen molar-refractivity contribution in [3.63, 3.8) is 0 Å². The number of ether oxygens (including phenoxy) is 1. The lowest BCUT2D eigenvalue weighted by Gasteiger charge is -2.09. The van der Waals surface area contributed by atoms with Crippen molar-refractivity contribution < 1.29 is 4.74 Å². The number of nitrogens with zero attached hydrogens (tertiary/aromatic N) is 2. The predicted molar refractivity (Wildman–Crippen MR) is 69.7 cm³/mol. The van der Waals surface area contributed by atoms with Crippen molar-refractivity contribution in [3.8, 4) is 5.88 Å². The van der Waals surface area contributed by atoms with E-state index in [1.807, 2.05) is 31.2 Å². The van der Waals surface area contributed by atoms with Crippen molar-refractivity contribution in [1.82, 2.24) is 9.97 Å². The Hall–Kier alpha value is -1.62. The largest absolute Gasteiger partial charge is 0.472 e. The van der Waals surface area contributed by atoms with Crippen molar-refractivity contribution in [2.45, 2.75) is 13.5 Å². The van der Waals surface area contributed by atoms with Gasteiger partial charge in [-0.05, 0) is 13.0 Å². The van der Waals surface area contributed by atoms with Crippen LogP contribution in [0.4, 0.5) is 5.95 Å². The number of nitrogens with two attached hydrogens (primary N) is 1. The first-order chi connectivity index (χ1) is 8.16. The van der Waals surface area contributed by atoms with E-state index in [9.17, 15) is 0 Å². The van der Waals surface area contributed by atoms with E-state index in [1.165, 1.54) is 0 Å². The van der Waals surface area contributed by atoms with Crippen LogP contribution in [-0.2, 0) is 6.61 Å². The van der Waals surface area contributed by atoms with Gasteiger partial charge in [-0.3, -0.25) is 0 Å². The van der Waals surface area contributed by atoms with Gasteiger partial charge in [-0.25, -0.2) is 4.98 Å². The molecule has 0 amide bonds. The van der Waals surface area contributed by atoms with E-state index < -0.39 is 0 Å². The number of aryl methyl sites for hydroxylation is 1. The summed E-state index contributed by atoms with van der Waals surface area (Å²) in [6, 6.07) is 7.88. The first-order valence-corrected chi connectivity index (χ1v) is 5.91. The summed E-state index contributed by atoms with van der Waals surface area (Å²) >= 11 is 3.47. The Bertz CT molecular complexity index is 531. The van der Waals surface area contributed by atoms with Gasteiger partial charge in [0.25, 0.3) is 0 Å². The quantitative estimate of drug-likeness (QED) is 0.945. The van der Waals surface area contributed by atoms with Crippen LogP contribution in [0.25, 0.3) is 0 Å². The minimum absolute atomic E-state index is 0.220. The Labute approximate surface area is 108 Å². The van der Waals surface area contributed by atoms with Gasteiger partial charge in [0.1, 0.15) is 6.61 Å². The molecule has 0 aliphatic rings. The van der Waals surface area contributed by atoms with Crippen LogP contribution in [0, 0.1) is 6.92 Å². The third-order valence-electron chi connectivity index (χ3n) is 2.27. The molecule has 2 aromatic rings. The maximum Gasteiger partial charge on any atom is 0.223 e. The van der Waals surface area contributed by atoms with E-state index in [0.29, 0.717) is 12.5 Å². The van der Waals surface area contributed by atoms with Gasteiger partial charge in [0, 0.05) is 21.8 Å². The summed E-state index contributed by atoms with van der Waals surface area (Å²) in [6.07, 6.45) is 1.65. The summed E-state index contributed by atoms with van der Waals surface area (Å²) < 4.78 is 6.64. The summed E-state index contributed by atoms with van der Waals surface area (Å²) in [7, 11) is 0. The van der Waals surface area contributed by atoms with Gasteiger partial charge in [-0.15, -0.1) is 0 Å². The minimum atomic E-state index is 0.220. The highest BCUT2D eigenvalue weighted by Gasteiger charge is 2.05. The van der Waals surface area contributed by atoms with E-state index in [2.05, 4.69) is 25.9 Å². The van der Waals surface area contributed by atoms with E-state index >= 15 is 0 Å². The number of halogens is 1. The average Bonchev–Trinajstić information content (AvgIpc) is 2.32. The molecule has 17 heavy (non-hydrogen) atoms. The lowest BCUT2D eigenvalue weighted by molar-refractivity contribution is 0.291. The van der Waals surface area contributed by atoms with Crippen molar-refractivity contribution in [3.05, 3.63) is 46.1 Å². The zero-order valence-corrected chi connectivity index (χ0v) is 10.9. The molecule has 1 aromatic carbocycles. The molecule has 0 aliphatic heterocycles. The molecule has 0 aliphatic carbocycles. The molecule has 0 unspecified atom stereocenters. The number of anilines is 1. The highest BCUT2D eigenvalue weighted by Crippen LogP contribution is 2.20. The normalized spacial score (nSPS) is 10.2. The second-order valence-electron chi connectivity index (χ2n) is 3.60. The standard InChI is InChI=1S/C12H12BrN3O/c1-8-6-15-12(14)16-11(8)17-7-9-4-2-3-5-10(9)13/h2-6H,7H2,1H3,(H2,14,15,16). The van der Waals surface area contributed by atoms with Crippen LogP contribution < -0.4 is 10.5 Å². The molecule has 0 atom stereocenters. The summed E-state index contributed by atoms with van der Waals surface area (Å²) in [6.45, 7) is 2.33. The Morgan fingerprint density at radius 2 is 2.12 bits per heavy atom. The lowest BCUT2D eigenvalue weighted by Crippen LogP contribution is -2.03. The molecule has 0 spiro atoms. The van der Waals surface area contributed by atoms with E-state index in [4.69, 9.17) is 10.5 Å². The SMILES string of the molecule is Cc1cnc(N)nc1OCc1ccccc1Br. The molecule has 1 heterocycles. The molecule has 88 valence electrons. The zero-order valence-electron chi connectivity index (χ0n) is 9.35. The molecular weight excluding hydrogens is 282 g/mol. The molecule has 0 saturated carbocycles. The van der Waals surface area contributed by atoms with Crippen LogP contribution in [0.3, 0.4) is 0 Å². The van der Waals surface area contributed by atoms with Crippen LogP contribution in [0.15, 0.2) is 34.9 Å². The molecule has 0 fully saturated rings. The number of hydrogen-bond acceptors (Lipinski definition) is 4. The van der Waals surface area contributed by atoms with E-state index in [-0.39, 0.29) is 5.95 Å². The third kappa shape index (κ3) is 2.94. The Kier molecular flexibility index (Phi) is 3.58. The van der Waals surface area contributed by atoms with Crippen molar-refractivity contribution in [1.29, 1.82) is 0 Å². The Balaban J connectivity index is 2.12. The van der Waals surface area contributed by atoms with Gasteiger partial charge in [-0.1, -0.05) is 34.1 Å². The Morgan fingerprint density at radius 1 is 1.35 bits per heavy atom. The first kappa shape index (κ1) is 11.9. The van der Waals surface area contributed by atoms with Gasteiger partial charge in [0.2, 0.25) is 11.8 Å². The van der Waals surface area contributed by atoms with Crippen molar-refractivity contribution >= 4 is 21.9 Å². The smallest absolute Gasteiger partial charge is 0.223 e. The average molecular weight is 294 g/mol. The minimum Gasteiger partial charge on any atom is -0.472 e. The van der Waals surface area contributed by atoms with Crippen LogP contribution in [0.5, 0.6) is 5.88 Å². The summed E-state index contributed by atoms with van der Waals surface area (Å²) in [5.74, 6) is 0.742. The van der Waals surface area contributed by atoms with Crippen LogP contribution in [0.2, 0.25) is 0 Å². The third-order valence-corrected chi connectivity index (χ3v) is 3.04. The van der Waals surface area contributed by atoms with Crippen molar-refractivity contribution in [2.24, 2.45) is 0 Å². The number of rotatable bonds is 3. The van der Waals surface area contributed by atoms with Gasteiger partial charge < -0.3 is 10.5 Å². The fourth-order valence-corrected chi connectivity index (χ4v) is 1.75. The highest BCUT2D eigenvalue weighted by molar-refractivity contribution is 9.10. The zero-order chi connectivity index (χ0) is 12.3. The summed E-state index contributed by atoms with van der Waals surface area (Å²) in [4.78, 5) is 7.94. The molecule has 4 nitrogen and oxygen atoms in total. The molecule has 1 aromatic heterocycles. The number of benzene rings is 1. The number of aromatic nitrogens is 2.